The number of methoxy groups -OCH3 is 2. The van der Waals surface area contributed by atoms with E-state index in [2.05, 4.69) is 32.2 Å². The van der Waals surface area contributed by atoms with Crippen molar-refractivity contribution in [3.63, 3.8) is 0 Å². The predicted octanol–water partition coefficient (Wildman–Crippen LogP) is 5.47. The van der Waals surface area contributed by atoms with E-state index in [0.717, 1.165) is 35.7 Å². The van der Waals surface area contributed by atoms with Gasteiger partial charge in [-0.15, -0.1) is 0 Å². The molecule has 0 bridgehead atoms. The monoisotopic (exact) mass is 566 g/mol. The molecule has 2 aromatic carbocycles. The number of hydrogen-bond acceptors (Lipinski definition) is 9. The number of hydrogen-bond donors (Lipinski definition) is 2. The van der Waals surface area contributed by atoms with E-state index in [4.69, 9.17) is 43.1 Å². The van der Waals surface area contributed by atoms with Crippen molar-refractivity contribution >= 4 is 40.4 Å². The highest BCUT2D eigenvalue weighted by Gasteiger charge is 2.25. The van der Waals surface area contributed by atoms with Gasteiger partial charge in [0.05, 0.1) is 25.6 Å². The zero-order valence-electron chi connectivity index (χ0n) is 21.7. The Bertz CT molecular complexity index is 1470. The van der Waals surface area contributed by atoms with Crippen LogP contribution in [0.2, 0.25) is 10.0 Å². The largest absolute Gasteiger partial charge is 0.495 e. The fourth-order valence-electron chi connectivity index (χ4n) is 4.38. The van der Waals surface area contributed by atoms with Gasteiger partial charge in [-0.25, -0.2) is 15.0 Å². The molecule has 0 unspecified atom stereocenters. The van der Waals surface area contributed by atoms with Crippen LogP contribution in [0, 0.1) is 0 Å². The average Bonchev–Trinajstić information content (AvgIpc) is 2.92. The minimum absolute atomic E-state index is 0.204. The van der Waals surface area contributed by atoms with Gasteiger partial charge >= 0.3 is 0 Å². The Morgan fingerprint density at radius 3 is 2.41 bits per heavy atom. The number of pyridine rings is 1. The highest BCUT2D eigenvalue weighted by Crippen LogP contribution is 2.45. The molecule has 0 amide bonds. The summed E-state index contributed by atoms with van der Waals surface area (Å²) < 4.78 is 16.8. The maximum Gasteiger partial charge on any atom is 0.143 e. The summed E-state index contributed by atoms with van der Waals surface area (Å²) in [6, 6.07) is 13.1. The number of aromatic nitrogens is 3. The van der Waals surface area contributed by atoms with Crippen LogP contribution in [0.3, 0.4) is 0 Å². The molecule has 2 aromatic heterocycles. The Balaban J connectivity index is 1.40. The first-order chi connectivity index (χ1) is 18.9. The quantitative estimate of drug-likeness (QED) is 0.255. The Kier molecular flexibility index (Phi) is 7.92. The van der Waals surface area contributed by atoms with Crippen molar-refractivity contribution in [1.82, 2.24) is 19.9 Å². The number of rotatable bonds is 9. The molecular formula is C28H28Cl2N6O3. The van der Waals surface area contributed by atoms with Crippen LogP contribution in [-0.4, -0.2) is 60.3 Å². The molecule has 1 saturated heterocycles. The topological polar surface area (TPSA) is 108 Å². The maximum atomic E-state index is 6.57. The van der Waals surface area contributed by atoms with Crippen molar-refractivity contribution in [3.8, 4) is 28.5 Å². The van der Waals surface area contributed by atoms with E-state index >= 15 is 0 Å². The molecule has 11 heteroatoms. The lowest BCUT2D eigenvalue weighted by atomic mass is 10.1. The van der Waals surface area contributed by atoms with Crippen molar-refractivity contribution in [1.29, 1.82) is 0 Å². The summed E-state index contributed by atoms with van der Waals surface area (Å²) in [5.74, 6) is 2.10. The molecule has 1 aliphatic rings. The molecule has 0 radical (unpaired) electrons. The molecule has 0 atom stereocenters. The molecule has 4 aromatic rings. The second-order valence-corrected chi connectivity index (χ2v) is 9.96. The van der Waals surface area contributed by atoms with E-state index in [0.29, 0.717) is 50.9 Å². The zero-order valence-corrected chi connectivity index (χ0v) is 23.3. The molecule has 39 heavy (non-hydrogen) atoms. The summed E-state index contributed by atoms with van der Waals surface area (Å²) >= 11 is 13.1. The lowest BCUT2D eigenvalue weighted by Gasteiger charge is -2.36. The number of nitrogens with one attached hydrogen (secondary N) is 1. The van der Waals surface area contributed by atoms with Crippen molar-refractivity contribution in [3.05, 3.63) is 76.3 Å². The van der Waals surface area contributed by atoms with E-state index in [9.17, 15) is 0 Å². The van der Waals surface area contributed by atoms with Crippen LogP contribution in [0.15, 0.2) is 55.0 Å². The van der Waals surface area contributed by atoms with Crippen LogP contribution in [0.1, 0.15) is 11.3 Å². The van der Waals surface area contributed by atoms with Crippen LogP contribution in [-0.2, 0) is 6.42 Å². The molecule has 0 aliphatic carbocycles. The number of likely N-dealkylation sites (tertiary alicyclic amines) is 1. The Morgan fingerprint density at radius 2 is 1.74 bits per heavy atom. The van der Waals surface area contributed by atoms with Gasteiger partial charge in [0, 0.05) is 54.8 Å². The minimum Gasteiger partial charge on any atom is -0.495 e. The standard InChI is InChI=1S/C28H28Cl2N6O3/c1-36-13-19(14-36)39-18-7-6-16(21(31)11-18)9-17-10-22(34-15-33-17)20-5-4-8-32-28(20)35-27-25(29)23(37-2)12-24(38-3)26(27)30/h4-8,10-12,15,19H,9,13-14,31H2,1-3H3,(H,32,35). The molecule has 3 N–H and O–H groups in total. The fourth-order valence-corrected chi connectivity index (χ4v) is 4.97. The Hall–Kier alpha value is -3.79. The van der Waals surface area contributed by atoms with E-state index in [-0.39, 0.29) is 6.10 Å². The highest BCUT2D eigenvalue weighted by molar-refractivity contribution is 6.41. The molecule has 3 heterocycles. The van der Waals surface area contributed by atoms with Crippen LogP contribution >= 0.6 is 23.2 Å². The normalized spacial score (nSPS) is 13.6. The second-order valence-electron chi connectivity index (χ2n) is 9.20. The lowest BCUT2D eigenvalue weighted by molar-refractivity contribution is 0.0389. The second kappa shape index (κ2) is 11.5. The predicted molar refractivity (Wildman–Crippen MR) is 154 cm³/mol. The highest BCUT2D eigenvalue weighted by atomic mass is 35.5. The van der Waals surface area contributed by atoms with E-state index in [1.807, 2.05) is 36.4 Å². The van der Waals surface area contributed by atoms with Crippen LogP contribution in [0.25, 0.3) is 11.3 Å². The third kappa shape index (κ3) is 5.80. The fraction of sp³-hybridized carbons (Fsp3) is 0.250. The number of halogens is 2. The third-order valence-corrected chi connectivity index (χ3v) is 7.20. The van der Waals surface area contributed by atoms with Crippen molar-refractivity contribution in [2.75, 3.05) is 45.4 Å². The first-order valence-electron chi connectivity index (χ1n) is 12.2. The lowest BCUT2D eigenvalue weighted by Crippen LogP contribution is -2.51. The number of likely N-dealkylation sites (N-methyl/N-ethyl adjacent to an activating group) is 1. The van der Waals surface area contributed by atoms with Crippen molar-refractivity contribution < 1.29 is 14.2 Å². The van der Waals surface area contributed by atoms with Crippen molar-refractivity contribution in [2.24, 2.45) is 0 Å². The molecule has 1 aliphatic heterocycles. The Labute approximate surface area is 236 Å². The van der Waals surface area contributed by atoms with Gasteiger partial charge in [0.2, 0.25) is 0 Å². The van der Waals surface area contributed by atoms with Crippen LogP contribution < -0.4 is 25.3 Å². The Morgan fingerprint density at radius 1 is 1.00 bits per heavy atom. The summed E-state index contributed by atoms with van der Waals surface area (Å²) in [5, 5.41) is 3.84. The summed E-state index contributed by atoms with van der Waals surface area (Å²) in [6.45, 7) is 1.83. The maximum absolute atomic E-state index is 6.57. The number of nitrogens with two attached hydrogens (primary N) is 1. The molecule has 5 rings (SSSR count). The molecular weight excluding hydrogens is 539 g/mol. The van der Waals surface area contributed by atoms with Gasteiger partial charge in [-0.05, 0) is 36.9 Å². The summed E-state index contributed by atoms with van der Waals surface area (Å²) in [5.41, 5.74) is 10.6. The van der Waals surface area contributed by atoms with E-state index in [1.54, 1.807) is 12.3 Å². The van der Waals surface area contributed by atoms with Gasteiger partial charge in [-0.2, -0.15) is 0 Å². The molecule has 9 nitrogen and oxygen atoms in total. The number of ether oxygens (including phenoxy) is 3. The smallest absolute Gasteiger partial charge is 0.143 e. The van der Waals surface area contributed by atoms with Gasteiger partial charge in [0.15, 0.2) is 0 Å². The molecule has 0 saturated carbocycles. The van der Waals surface area contributed by atoms with Crippen LogP contribution in [0.5, 0.6) is 17.2 Å². The first kappa shape index (κ1) is 26.8. The summed E-state index contributed by atoms with van der Waals surface area (Å²) in [7, 11) is 5.11. The van der Waals surface area contributed by atoms with Gasteiger partial charge in [-0.1, -0.05) is 29.3 Å². The zero-order chi connectivity index (χ0) is 27.5. The summed E-state index contributed by atoms with van der Waals surface area (Å²) in [6.07, 6.45) is 3.92. The number of anilines is 3. The average molecular weight is 567 g/mol. The molecule has 202 valence electrons. The third-order valence-electron chi connectivity index (χ3n) is 6.45. The van der Waals surface area contributed by atoms with Gasteiger partial charge in [-0.3, -0.25) is 4.90 Å². The summed E-state index contributed by atoms with van der Waals surface area (Å²) in [4.78, 5) is 15.7. The van der Waals surface area contributed by atoms with Gasteiger partial charge in [0.1, 0.15) is 45.5 Å². The van der Waals surface area contributed by atoms with Gasteiger partial charge in [0.25, 0.3) is 0 Å². The number of benzene rings is 2. The number of nitrogen functional groups attached to an aromatic ring is 1. The van der Waals surface area contributed by atoms with Gasteiger partial charge < -0.3 is 25.3 Å². The van der Waals surface area contributed by atoms with E-state index < -0.39 is 0 Å². The van der Waals surface area contributed by atoms with Crippen molar-refractivity contribution in [2.45, 2.75) is 12.5 Å². The SMILES string of the molecule is COc1cc(OC)c(Cl)c(Nc2ncccc2-c2cc(Cc3ccc(OC4CN(C)C4)cc3N)ncn2)c1Cl. The van der Waals surface area contributed by atoms with E-state index in [1.165, 1.54) is 20.5 Å². The number of nitrogens with zero attached hydrogens (tertiary/aromatic N) is 4. The molecule has 0 spiro atoms. The van der Waals surface area contributed by atoms with Crippen LogP contribution in [0.4, 0.5) is 17.2 Å². The minimum atomic E-state index is 0.204. The first-order valence-corrected chi connectivity index (χ1v) is 13.0. The molecule has 1 fully saturated rings.